The first-order chi connectivity index (χ1) is 6.25. The van der Waals surface area contributed by atoms with Crippen LogP contribution in [0.15, 0.2) is 12.4 Å². The molecule has 0 radical (unpaired) electrons. The quantitative estimate of drug-likeness (QED) is 0.709. The van der Waals surface area contributed by atoms with Gasteiger partial charge in [-0.15, -0.1) is 0 Å². The molecule has 1 heterocycles. The van der Waals surface area contributed by atoms with Crippen LogP contribution < -0.4 is 11.1 Å². The first kappa shape index (κ1) is 8.44. The average molecular weight is 178 g/mol. The van der Waals surface area contributed by atoms with E-state index >= 15 is 0 Å². The molecule has 70 valence electrons. The molecule has 0 saturated heterocycles. The van der Waals surface area contributed by atoms with E-state index in [1.807, 2.05) is 0 Å². The maximum atomic E-state index is 5.37. The van der Waals surface area contributed by atoms with Gasteiger partial charge >= 0.3 is 0 Å². The zero-order valence-corrected chi connectivity index (χ0v) is 7.70. The van der Waals surface area contributed by atoms with Crippen molar-refractivity contribution in [2.75, 3.05) is 5.73 Å². The minimum atomic E-state index is 0.337. The van der Waals surface area contributed by atoms with Gasteiger partial charge in [-0.3, -0.25) is 0 Å². The molecule has 0 aromatic carbocycles. The second kappa shape index (κ2) is 3.30. The van der Waals surface area contributed by atoms with Gasteiger partial charge in [0.05, 0.1) is 0 Å². The van der Waals surface area contributed by atoms with E-state index in [9.17, 15) is 0 Å². The summed E-state index contributed by atoms with van der Waals surface area (Å²) in [6.07, 6.45) is 4.82. The summed E-state index contributed by atoms with van der Waals surface area (Å²) in [5, 5.41) is 3.42. The Kier molecular flexibility index (Phi) is 2.14. The number of aromatic nitrogens is 2. The lowest BCUT2D eigenvalue weighted by Crippen LogP contribution is -2.17. The molecule has 1 aromatic heterocycles. The minimum absolute atomic E-state index is 0.337. The second-order valence-corrected chi connectivity index (χ2v) is 3.65. The molecule has 4 heteroatoms. The van der Waals surface area contributed by atoms with E-state index in [-0.39, 0.29) is 0 Å². The summed E-state index contributed by atoms with van der Waals surface area (Å²) in [5.74, 6) is 1.17. The van der Waals surface area contributed by atoms with Gasteiger partial charge in [-0.2, -0.15) is 0 Å². The van der Waals surface area contributed by atoms with Gasteiger partial charge in [0.1, 0.15) is 0 Å². The van der Waals surface area contributed by atoms with Gasteiger partial charge in [0, 0.05) is 30.5 Å². The van der Waals surface area contributed by atoms with E-state index in [1.165, 1.54) is 6.42 Å². The summed E-state index contributed by atoms with van der Waals surface area (Å²) in [4.78, 5) is 7.85. The van der Waals surface area contributed by atoms with Crippen molar-refractivity contribution in [3.05, 3.63) is 18.0 Å². The molecule has 1 saturated carbocycles. The third-order valence-electron chi connectivity index (χ3n) is 2.40. The summed E-state index contributed by atoms with van der Waals surface area (Å²) in [6.45, 7) is 3.09. The van der Waals surface area contributed by atoms with E-state index in [4.69, 9.17) is 5.73 Å². The standard InChI is InChI=1S/C9H14N4/c1-6-2-8(6)11-3-7-4-12-9(10)13-5-7/h4-6,8,11H,2-3H2,1H3,(H2,10,12,13)/t6-,8-/m1/s1. The predicted octanol–water partition coefficient (Wildman–Crippen LogP) is 0.557. The number of anilines is 1. The van der Waals surface area contributed by atoms with Gasteiger partial charge in [-0.05, 0) is 12.3 Å². The summed E-state index contributed by atoms with van der Waals surface area (Å²) in [5.41, 5.74) is 6.47. The lowest BCUT2D eigenvalue weighted by molar-refractivity contribution is 0.649. The molecule has 4 nitrogen and oxygen atoms in total. The van der Waals surface area contributed by atoms with Crippen molar-refractivity contribution in [3.63, 3.8) is 0 Å². The molecule has 2 rings (SSSR count). The predicted molar refractivity (Wildman–Crippen MR) is 50.9 cm³/mol. The van der Waals surface area contributed by atoms with Crippen LogP contribution in [0.25, 0.3) is 0 Å². The van der Waals surface area contributed by atoms with Crippen LogP contribution in [0.2, 0.25) is 0 Å². The molecule has 1 aromatic rings. The molecule has 13 heavy (non-hydrogen) atoms. The molecule has 3 N–H and O–H groups in total. The van der Waals surface area contributed by atoms with Gasteiger partial charge in [-0.1, -0.05) is 6.92 Å². The lowest BCUT2D eigenvalue weighted by Gasteiger charge is -2.02. The maximum Gasteiger partial charge on any atom is 0.219 e. The Labute approximate surface area is 77.6 Å². The molecular weight excluding hydrogens is 164 g/mol. The van der Waals surface area contributed by atoms with Crippen molar-refractivity contribution < 1.29 is 0 Å². The number of rotatable bonds is 3. The highest BCUT2D eigenvalue weighted by molar-refractivity contribution is 5.17. The Hall–Kier alpha value is -1.16. The van der Waals surface area contributed by atoms with Crippen molar-refractivity contribution in [1.82, 2.24) is 15.3 Å². The highest BCUT2D eigenvalue weighted by atomic mass is 15.0. The first-order valence-corrected chi connectivity index (χ1v) is 4.55. The van der Waals surface area contributed by atoms with Crippen LogP contribution >= 0.6 is 0 Å². The molecular formula is C9H14N4. The molecule has 0 bridgehead atoms. The Balaban J connectivity index is 1.84. The Bertz CT molecular complexity index is 282. The number of hydrogen-bond acceptors (Lipinski definition) is 4. The number of nitrogens with one attached hydrogen (secondary N) is 1. The zero-order chi connectivity index (χ0) is 9.26. The highest BCUT2D eigenvalue weighted by Crippen LogP contribution is 2.29. The fraction of sp³-hybridized carbons (Fsp3) is 0.556. The smallest absolute Gasteiger partial charge is 0.219 e. The van der Waals surface area contributed by atoms with Crippen molar-refractivity contribution in [2.24, 2.45) is 5.92 Å². The van der Waals surface area contributed by atoms with E-state index in [0.717, 1.165) is 18.0 Å². The van der Waals surface area contributed by atoms with Crippen LogP contribution in [0, 0.1) is 5.92 Å². The molecule has 1 aliphatic carbocycles. The highest BCUT2D eigenvalue weighted by Gasteiger charge is 2.31. The van der Waals surface area contributed by atoms with Crippen molar-refractivity contribution in [1.29, 1.82) is 0 Å². The first-order valence-electron chi connectivity index (χ1n) is 4.55. The molecule has 0 amide bonds. The van der Waals surface area contributed by atoms with Crippen LogP contribution in [0.3, 0.4) is 0 Å². The fourth-order valence-corrected chi connectivity index (χ4v) is 1.31. The van der Waals surface area contributed by atoms with E-state index in [2.05, 4.69) is 22.2 Å². The largest absolute Gasteiger partial charge is 0.368 e. The molecule has 2 atom stereocenters. The SMILES string of the molecule is C[C@@H]1C[C@H]1NCc1cnc(N)nc1. The van der Waals surface area contributed by atoms with Crippen LogP contribution in [-0.2, 0) is 6.54 Å². The minimum Gasteiger partial charge on any atom is -0.368 e. The third-order valence-corrected chi connectivity index (χ3v) is 2.40. The van der Waals surface area contributed by atoms with Crippen LogP contribution in [0.4, 0.5) is 5.95 Å². The summed E-state index contributed by atoms with van der Waals surface area (Å²) in [6, 6.07) is 0.692. The molecule has 1 fully saturated rings. The fourth-order valence-electron chi connectivity index (χ4n) is 1.31. The van der Waals surface area contributed by atoms with Gasteiger partial charge in [0.25, 0.3) is 0 Å². The second-order valence-electron chi connectivity index (χ2n) is 3.65. The molecule has 0 unspecified atom stereocenters. The average Bonchev–Trinajstić information content (AvgIpc) is 2.81. The van der Waals surface area contributed by atoms with Crippen molar-refractivity contribution >= 4 is 5.95 Å². The van der Waals surface area contributed by atoms with Gasteiger partial charge in [0.2, 0.25) is 5.95 Å². The topological polar surface area (TPSA) is 63.8 Å². The molecule has 1 aliphatic rings. The van der Waals surface area contributed by atoms with E-state index < -0.39 is 0 Å². The number of hydrogen-bond donors (Lipinski definition) is 2. The Morgan fingerprint density at radius 2 is 2.15 bits per heavy atom. The van der Waals surface area contributed by atoms with E-state index in [1.54, 1.807) is 12.4 Å². The third kappa shape index (κ3) is 2.15. The number of nitrogens with zero attached hydrogens (tertiary/aromatic N) is 2. The summed E-state index contributed by atoms with van der Waals surface area (Å²) >= 11 is 0. The van der Waals surface area contributed by atoms with Crippen molar-refractivity contribution in [3.8, 4) is 0 Å². The summed E-state index contributed by atoms with van der Waals surface area (Å²) in [7, 11) is 0. The lowest BCUT2D eigenvalue weighted by atomic mass is 10.3. The van der Waals surface area contributed by atoms with Crippen LogP contribution in [0.5, 0.6) is 0 Å². The summed E-state index contributed by atoms with van der Waals surface area (Å²) < 4.78 is 0. The molecule has 0 spiro atoms. The number of nitrogens with two attached hydrogens (primary N) is 1. The maximum absolute atomic E-state index is 5.37. The monoisotopic (exact) mass is 178 g/mol. The van der Waals surface area contributed by atoms with Gasteiger partial charge < -0.3 is 11.1 Å². The van der Waals surface area contributed by atoms with Crippen molar-refractivity contribution in [2.45, 2.75) is 25.9 Å². The van der Waals surface area contributed by atoms with E-state index in [0.29, 0.717) is 12.0 Å². The molecule has 0 aliphatic heterocycles. The zero-order valence-electron chi connectivity index (χ0n) is 7.70. The normalized spacial score (nSPS) is 25.9. The van der Waals surface area contributed by atoms with Crippen LogP contribution in [-0.4, -0.2) is 16.0 Å². The van der Waals surface area contributed by atoms with Gasteiger partial charge in [-0.25, -0.2) is 9.97 Å². The van der Waals surface area contributed by atoms with Gasteiger partial charge in [0.15, 0.2) is 0 Å². The van der Waals surface area contributed by atoms with Crippen LogP contribution in [0.1, 0.15) is 18.9 Å². The Morgan fingerprint density at radius 3 is 2.69 bits per heavy atom. The Morgan fingerprint density at radius 1 is 1.54 bits per heavy atom. The number of nitrogen functional groups attached to an aromatic ring is 1.